The van der Waals surface area contributed by atoms with Gasteiger partial charge in [0.15, 0.2) is 0 Å². The zero-order chi connectivity index (χ0) is 12.0. The van der Waals surface area contributed by atoms with Crippen LogP contribution in [0.1, 0.15) is 26.2 Å². The van der Waals surface area contributed by atoms with E-state index in [-0.39, 0.29) is 6.04 Å². The van der Waals surface area contributed by atoms with Crippen LogP contribution in [0.3, 0.4) is 0 Å². The molecule has 0 aliphatic rings. The van der Waals surface area contributed by atoms with E-state index in [9.17, 15) is 0 Å². The summed E-state index contributed by atoms with van der Waals surface area (Å²) in [6, 6.07) is 5.53. The molecule has 2 nitrogen and oxygen atoms in total. The van der Waals surface area contributed by atoms with Gasteiger partial charge in [0.25, 0.3) is 0 Å². The number of halogens is 2. The predicted molar refractivity (Wildman–Crippen MR) is 72.5 cm³/mol. The summed E-state index contributed by atoms with van der Waals surface area (Å²) in [5.41, 5.74) is 6.81. The van der Waals surface area contributed by atoms with Crippen molar-refractivity contribution in [2.45, 2.75) is 32.2 Å². The summed E-state index contributed by atoms with van der Waals surface area (Å²) in [6.45, 7) is 2.88. The van der Waals surface area contributed by atoms with E-state index in [0.717, 1.165) is 25.1 Å². The summed E-state index contributed by atoms with van der Waals surface area (Å²) >= 11 is 11.9. The lowest BCUT2D eigenvalue weighted by Crippen LogP contribution is -2.28. The summed E-state index contributed by atoms with van der Waals surface area (Å²) in [4.78, 5) is 0. The number of hydrogen-bond acceptors (Lipinski definition) is 2. The average molecular weight is 261 g/mol. The van der Waals surface area contributed by atoms with Crippen LogP contribution in [0.5, 0.6) is 0 Å². The molecule has 1 atom stereocenters. The number of unbranched alkanes of at least 4 members (excludes halogenated alkanes) is 1. The third kappa shape index (κ3) is 4.60. The van der Waals surface area contributed by atoms with Gasteiger partial charge in [-0.1, -0.05) is 43.0 Å². The average Bonchev–Trinajstić information content (AvgIpc) is 2.27. The fraction of sp³-hybridized carbons (Fsp3) is 0.500. The first-order valence-corrected chi connectivity index (χ1v) is 6.33. The Kier molecular flexibility index (Phi) is 5.96. The van der Waals surface area contributed by atoms with Gasteiger partial charge in [0.1, 0.15) is 0 Å². The molecule has 1 aromatic rings. The molecule has 0 heterocycles. The Labute approximate surface area is 107 Å². The van der Waals surface area contributed by atoms with E-state index in [4.69, 9.17) is 28.9 Å². The Balaban J connectivity index is 2.44. The molecule has 1 rings (SSSR count). The van der Waals surface area contributed by atoms with E-state index in [1.165, 1.54) is 6.42 Å². The zero-order valence-corrected chi connectivity index (χ0v) is 11.0. The second-order valence-electron chi connectivity index (χ2n) is 3.91. The van der Waals surface area contributed by atoms with Gasteiger partial charge in [-0.2, -0.15) is 0 Å². The lowest BCUT2D eigenvalue weighted by atomic mass is 10.1. The van der Waals surface area contributed by atoms with E-state index in [0.29, 0.717) is 10.0 Å². The minimum absolute atomic E-state index is 0.162. The van der Waals surface area contributed by atoms with Crippen molar-refractivity contribution in [3.8, 4) is 0 Å². The summed E-state index contributed by atoms with van der Waals surface area (Å²) in [6.07, 6.45) is 3.36. The Hall–Kier alpha value is -0.440. The molecule has 0 aromatic heterocycles. The summed E-state index contributed by atoms with van der Waals surface area (Å²) in [5, 5.41) is 4.57. The first-order valence-electron chi connectivity index (χ1n) is 5.58. The molecule has 0 saturated heterocycles. The molecule has 1 unspecified atom stereocenters. The molecule has 0 aliphatic carbocycles. The highest BCUT2D eigenvalue weighted by Gasteiger charge is 2.04. The molecule has 0 spiro atoms. The van der Waals surface area contributed by atoms with Gasteiger partial charge < -0.3 is 11.1 Å². The minimum atomic E-state index is 0.162. The van der Waals surface area contributed by atoms with Crippen molar-refractivity contribution >= 4 is 28.9 Å². The molecule has 4 heteroatoms. The van der Waals surface area contributed by atoms with Crippen molar-refractivity contribution in [1.82, 2.24) is 0 Å². The van der Waals surface area contributed by atoms with Crippen LogP contribution in [0.2, 0.25) is 10.0 Å². The van der Waals surface area contributed by atoms with Crippen molar-refractivity contribution in [3.63, 3.8) is 0 Å². The van der Waals surface area contributed by atoms with Gasteiger partial charge >= 0.3 is 0 Å². The molecule has 1 aromatic carbocycles. The Morgan fingerprint density at radius 1 is 1.38 bits per heavy atom. The maximum absolute atomic E-state index is 6.02. The second kappa shape index (κ2) is 7.00. The fourth-order valence-corrected chi connectivity index (χ4v) is 1.80. The van der Waals surface area contributed by atoms with Crippen LogP contribution >= 0.6 is 23.2 Å². The quantitative estimate of drug-likeness (QED) is 0.814. The van der Waals surface area contributed by atoms with Crippen molar-refractivity contribution < 1.29 is 0 Å². The molecule has 0 radical (unpaired) electrons. The summed E-state index contributed by atoms with van der Waals surface area (Å²) < 4.78 is 0. The van der Waals surface area contributed by atoms with Crippen LogP contribution in [-0.2, 0) is 0 Å². The van der Waals surface area contributed by atoms with Crippen LogP contribution in [0.15, 0.2) is 18.2 Å². The van der Waals surface area contributed by atoms with Gasteiger partial charge in [-0.25, -0.2) is 0 Å². The SMILES string of the molecule is CCCCC(N)CNc1cc(Cl)ccc1Cl. The fourth-order valence-electron chi connectivity index (χ4n) is 1.44. The molecule has 16 heavy (non-hydrogen) atoms. The van der Waals surface area contributed by atoms with Crippen molar-refractivity contribution in [1.29, 1.82) is 0 Å². The largest absolute Gasteiger partial charge is 0.382 e. The number of nitrogens with one attached hydrogen (secondary N) is 1. The highest BCUT2D eigenvalue weighted by atomic mass is 35.5. The molecule has 3 N–H and O–H groups in total. The van der Waals surface area contributed by atoms with Crippen LogP contribution in [0.25, 0.3) is 0 Å². The molecular formula is C12H18Cl2N2. The third-order valence-corrected chi connectivity index (χ3v) is 2.98. The van der Waals surface area contributed by atoms with Crippen LogP contribution in [0, 0.1) is 0 Å². The number of rotatable bonds is 6. The molecule has 0 aliphatic heterocycles. The van der Waals surface area contributed by atoms with Crippen LogP contribution in [0.4, 0.5) is 5.69 Å². The van der Waals surface area contributed by atoms with Gasteiger partial charge in [0.05, 0.1) is 10.7 Å². The zero-order valence-electron chi connectivity index (χ0n) is 9.47. The molecule has 0 fully saturated rings. The van der Waals surface area contributed by atoms with Crippen molar-refractivity contribution in [2.24, 2.45) is 5.73 Å². The van der Waals surface area contributed by atoms with Crippen LogP contribution < -0.4 is 11.1 Å². The number of nitrogens with two attached hydrogens (primary N) is 1. The predicted octanol–water partition coefficient (Wildman–Crippen LogP) is 3.92. The van der Waals surface area contributed by atoms with Crippen LogP contribution in [-0.4, -0.2) is 12.6 Å². The molecular weight excluding hydrogens is 243 g/mol. The van der Waals surface area contributed by atoms with E-state index in [1.54, 1.807) is 12.1 Å². The van der Waals surface area contributed by atoms with Gasteiger partial charge in [-0.15, -0.1) is 0 Å². The smallest absolute Gasteiger partial charge is 0.0638 e. The molecule has 90 valence electrons. The lowest BCUT2D eigenvalue weighted by molar-refractivity contribution is 0.596. The Morgan fingerprint density at radius 2 is 2.12 bits per heavy atom. The molecule has 0 bridgehead atoms. The number of hydrogen-bond donors (Lipinski definition) is 2. The first kappa shape index (κ1) is 13.6. The summed E-state index contributed by atoms with van der Waals surface area (Å²) in [7, 11) is 0. The second-order valence-corrected chi connectivity index (χ2v) is 4.75. The summed E-state index contributed by atoms with van der Waals surface area (Å²) in [5.74, 6) is 0. The number of anilines is 1. The molecule has 0 saturated carbocycles. The van der Waals surface area contributed by atoms with E-state index < -0.39 is 0 Å². The van der Waals surface area contributed by atoms with Gasteiger partial charge in [-0.3, -0.25) is 0 Å². The topological polar surface area (TPSA) is 38.0 Å². The van der Waals surface area contributed by atoms with Gasteiger partial charge in [0.2, 0.25) is 0 Å². The monoisotopic (exact) mass is 260 g/mol. The highest BCUT2D eigenvalue weighted by Crippen LogP contribution is 2.25. The minimum Gasteiger partial charge on any atom is -0.382 e. The molecule has 0 amide bonds. The first-order chi connectivity index (χ1) is 7.63. The maximum atomic E-state index is 6.02. The lowest BCUT2D eigenvalue weighted by Gasteiger charge is -2.14. The Bertz CT molecular complexity index is 329. The standard InChI is InChI=1S/C12H18Cl2N2/c1-2-3-4-10(15)8-16-12-7-9(13)5-6-11(12)14/h5-7,10,16H,2-4,8,15H2,1H3. The van der Waals surface area contributed by atoms with Crippen molar-refractivity contribution in [3.05, 3.63) is 28.2 Å². The van der Waals surface area contributed by atoms with E-state index in [1.807, 2.05) is 6.07 Å². The Morgan fingerprint density at radius 3 is 2.81 bits per heavy atom. The van der Waals surface area contributed by atoms with Crippen molar-refractivity contribution in [2.75, 3.05) is 11.9 Å². The highest BCUT2D eigenvalue weighted by molar-refractivity contribution is 6.35. The van der Waals surface area contributed by atoms with Gasteiger partial charge in [-0.05, 0) is 24.6 Å². The third-order valence-electron chi connectivity index (χ3n) is 2.41. The van der Waals surface area contributed by atoms with E-state index in [2.05, 4.69) is 12.2 Å². The normalized spacial score (nSPS) is 12.5. The maximum Gasteiger partial charge on any atom is 0.0638 e. The number of benzene rings is 1. The van der Waals surface area contributed by atoms with E-state index >= 15 is 0 Å². The van der Waals surface area contributed by atoms with Gasteiger partial charge in [0, 0.05) is 17.6 Å².